The Morgan fingerprint density at radius 3 is 2.55 bits per heavy atom. The molecule has 2 heterocycles. The lowest BCUT2D eigenvalue weighted by Crippen LogP contribution is -2.41. The fourth-order valence-electron chi connectivity index (χ4n) is 4.79. The third-order valence-electron chi connectivity index (χ3n) is 6.73. The molecule has 1 fully saturated rings. The van der Waals surface area contributed by atoms with Gasteiger partial charge in [-0.15, -0.1) is 11.3 Å². The van der Waals surface area contributed by atoms with E-state index in [1.54, 1.807) is 28.6 Å². The van der Waals surface area contributed by atoms with Crippen LogP contribution in [0.3, 0.4) is 0 Å². The number of hydrogen-bond acceptors (Lipinski definition) is 6. The van der Waals surface area contributed by atoms with Crippen molar-refractivity contribution in [1.29, 1.82) is 0 Å². The minimum Gasteiger partial charge on any atom is -0.298 e. The lowest BCUT2D eigenvalue weighted by Gasteiger charge is -2.32. The highest BCUT2D eigenvalue weighted by molar-refractivity contribution is 7.89. The number of carbonyl (C=O) groups excluding carboxylic acids is 1. The molecule has 33 heavy (non-hydrogen) atoms. The molecule has 1 aliphatic heterocycles. The average molecular weight is 491 g/mol. The van der Waals surface area contributed by atoms with Crippen LogP contribution in [0.4, 0.5) is 5.13 Å². The van der Waals surface area contributed by atoms with E-state index in [1.807, 2.05) is 6.92 Å². The molecule has 0 radical (unpaired) electrons. The predicted octanol–water partition coefficient (Wildman–Crippen LogP) is 4.51. The van der Waals surface area contributed by atoms with Crippen LogP contribution in [0.15, 0.2) is 29.2 Å². The van der Waals surface area contributed by atoms with E-state index in [0.29, 0.717) is 23.3 Å². The van der Waals surface area contributed by atoms with E-state index in [-0.39, 0.29) is 16.8 Å². The van der Waals surface area contributed by atoms with E-state index in [2.05, 4.69) is 29.0 Å². The Morgan fingerprint density at radius 2 is 1.91 bits per heavy atom. The van der Waals surface area contributed by atoms with Gasteiger partial charge >= 0.3 is 0 Å². The van der Waals surface area contributed by atoms with Gasteiger partial charge in [0, 0.05) is 48.6 Å². The fourth-order valence-corrected chi connectivity index (χ4v) is 7.51. The molecule has 1 aromatic carbocycles. The predicted molar refractivity (Wildman–Crippen MR) is 132 cm³/mol. The first-order valence-corrected chi connectivity index (χ1v) is 14.2. The van der Waals surface area contributed by atoms with E-state index in [1.165, 1.54) is 22.6 Å². The van der Waals surface area contributed by atoms with Crippen molar-refractivity contribution in [1.82, 2.24) is 14.2 Å². The number of amides is 1. The van der Waals surface area contributed by atoms with Crippen LogP contribution < -0.4 is 5.32 Å². The number of benzene rings is 1. The number of sulfonamides is 1. The van der Waals surface area contributed by atoms with Crippen LogP contribution in [0.1, 0.15) is 73.8 Å². The molecule has 7 nitrogen and oxygen atoms in total. The van der Waals surface area contributed by atoms with Crippen molar-refractivity contribution in [2.45, 2.75) is 82.8 Å². The zero-order valence-corrected chi connectivity index (χ0v) is 21.3. The Bertz CT molecular complexity index is 1070. The highest BCUT2D eigenvalue weighted by Gasteiger charge is 2.31. The van der Waals surface area contributed by atoms with Gasteiger partial charge in [-0.3, -0.25) is 15.0 Å². The van der Waals surface area contributed by atoms with Gasteiger partial charge in [-0.25, -0.2) is 13.4 Å². The molecule has 1 saturated carbocycles. The smallest absolute Gasteiger partial charge is 0.257 e. The molecule has 1 aromatic heterocycles. The topological polar surface area (TPSA) is 82.6 Å². The Labute approximate surface area is 201 Å². The summed E-state index contributed by atoms with van der Waals surface area (Å²) in [5.74, 6) is -0.273. The first-order chi connectivity index (χ1) is 15.8. The second-order valence-electron chi connectivity index (χ2n) is 9.18. The molecule has 4 rings (SSSR count). The zero-order valence-electron chi connectivity index (χ0n) is 19.7. The molecule has 9 heteroatoms. The molecule has 2 aliphatic rings. The molecule has 0 saturated heterocycles. The molecule has 0 atom stereocenters. The fraction of sp³-hybridized carbons (Fsp3) is 0.583. The van der Waals surface area contributed by atoms with Gasteiger partial charge in [-0.1, -0.05) is 26.2 Å². The second-order valence-corrected chi connectivity index (χ2v) is 12.2. The molecule has 1 N–H and O–H groups in total. The molecular formula is C24H34N4O3S2. The van der Waals surface area contributed by atoms with Gasteiger partial charge in [0.05, 0.1) is 10.6 Å². The highest BCUT2D eigenvalue weighted by atomic mass is 32.2. The summed E-state index contributed by atoms with van der Waals surface area (Å²) in [6, 6.07) is 6.82. The van der Waals surface area contributed by atoms with Crippen LogP contribution in [-0.4, -0.2) is 53.7 Å². The number of rotatable bonds is 7. The average Bonchev–Trinajstić information content (AvgIpc) is 3.21. The highest BCUT2D eigenvalue weighted by Crippen LogP contribution is 2.30. The summed E-state index contributed by atoms with van der Waals surface area (Å²) in [4.78, 5) is 21.2. The van der Waals surface area contributed by atoms with E-state index >= 15 is 0 Å². The number of carbonyl (C=O) groups is 1. The van der Waals surface area contributed by atoms with Crippen molar-refractivity contribution in [2.24, 2.45) is 0 Å². The van der Waals surface area contributed by atoms with Gasteiger partial charge in [0.1, 0.15) is 0 Å². The maximum Gasteiger partial charge on any atom is 0.257 e. The van der Waals surface area contributed by atoms with Crippen molar-refractivity contribution in [3.05, 3.63) is 40.4 Å². The molecular weight excluding hydrogens is 456 g/mol. The number of fused-ring (bicyclic) bond motifs is 1. The summed E-state index contributed by atoms with van der Waals surface area (Å²) in [5.41, 5.74) is 1.49. The Morgan fingerprint density at radius 1 is 1.21 bits per heavy atom. The first-order valence-electron chi connectivity index (χ1n) is 12.0. The lowest BCUT2D eigenvalue weighted by atomic mass is 9.95. The Kier molecular flexibility index (Phi) is 7.53. The van der Waals surface area contributed by atoms with Crippen LogP contribution in [0.2, 0.25) is 0 Å². The number of hydrogen-bond donors (Lipinski definition) is 1. The number of nitrogens with one attached hydrogen (secondary N) is 1. The minimum atomic E-state index is -3.58. The molecule has 0 bridgehead atoms. The van der Waals surface area contributed by atoms with Crippen molar-refractivity contribution in [3.63, 3.8) is 0 Å². The number of thiazole rings is 1. The van der Waals surface area contributed by atoms with E-state index in [9.17, 15) is 13.2 Å². The summed E-state index contributed by atoms with van der Waals surface area (Å²) < 4.78 is 28.1. The van der Waals surface area contributed by atoms with Gasteiger partial charge in [0.15, 0.2) is 5.13 Å². The van der Waals surface area contributed by atoms with Crippen molar-refractivity contribution < 1.29 is 13.2 Å². The van der Waals surface area contributed by atoms with Gasteiger partial charge in [-0.05, 0) is 51.0 Å². The standard InChI is InChI=1S/C24H34N4O3S2/c1-4-28(19-8-6-5-7-9-19)33(30,31)20-12-10-18(11-13-20)23(29)26-24-25-21-14-15-27(17(2)3)16-22(21)32-24/h10-13,17,19H,4-9,14-16H2,1-3H3,(H,25,26,29). The number of anilines is 1. The third kappa shape index (κ3) is 5.31. The lowest BCUT2D eigenvalue weighted by molar-refractivity contribution is 0.102. The summed E-state index contributed by atoms with van der Waals surface area (Å²) >= 11 is 1.52. The molecule has 2 aromatic rings. The number of aromatic nitrogens is 1. The summed E-state index contributed by atoms with van der Waals surface area (Å²) in [6.45, 7) is 8.57. The van der Waals surface area contributed by atoms with Crippen molar-refractivity contribution >= 4 is 32.4 Å². The van der Waals surface area contributed by atoms with E-state index < -0.39 is 10.0 Å². The van der Waals surface area contributed by atoms with Crippen LogP contribution in [-0.2, 0) is 23.0 Å². The summed E-state index contributed by atoms with van der Waals surface area (Å²) in [5, 5.41) is 3.49. The third-order valence-corrected chi connectivity index (χ3v) is 9.77. The number of nitrogens with zero attached hydrogens (tertiary/aromatic N) is 3. The Hall–Kier alpha value is -1.81. The van der Waals surface area contributed by atoms with Crippen LogP contribution in [0, 0.1) is 0 Å². The molecule has 1 amide bonds. The van der Waals surface area contributed by atoms with Crippen molar-refractivity contribution in [3.8, 4) is 0 Å². The normalized spacial score (nSPS) is 18.0. The zero-order chi connectivity index (χ0) is 23.6. The quantitative estimate of drug-likeness (QED) is 0.618. The van der Waals surface area contributed by atoms with Gasteiger partial charge < -0.3 is 0 Å². The molecule has 1 aliphatic carbocycles. The van der Waals surface area contributed by atoms with Gasteiger partial charge in [0.25, 0.3) is 5.91 Å². The largest absolute Gasteiger partial charge is 0.298 e. The van der Waals surface area contributed by atoms with Crippen LogP contribution >= 0.6 is 11.3 Å². The van der Waals surface area contributed by atoms with Crippen LogP contribution in [0.5, 0.6) is 0 Å². The van der Waals surface area contributed by atoms with E-state index in [0.717, 1.165) is 50.9 Å². The molecule has 0 unspecified atom stereocenters. The second kappa shape index (κ2) is 10.2. The summed E-state index contributed by atoms with van der Waals surface area (Å²) in [6.07, 6.45) is 6.05. The van der Waals surface area contributed by atoms with Crippen molar-refractivity contribution in [2.75, 3.05) is 18.4 Å². The first kappa shape index (κ1) is 24.3. The minimum absolute atomic E-state index is 0.0688. The maximum absolute atomic E-state index is 13.2. The molecule has 180 valence electrons. The SMILES string of the molecule is CCN(C1CCCCC1)S(=O)(=O)c1ccc(C(=O)Nc2nc3c(s2)CN(C(C)C)CC3)cc1. The Balaban J connectivity index is 1.44. The summed E-state index contributed by atoms with van der Waals surface area (Å²) in [7, 11) is -3.58. The van der Waals surface area contributed by atoms with E-state index in [4.69, 9.17) is 0 Å². The van der Waals surface area contributed by atoms with Crippen LogP contribution in [0.25, 0.3) is 0 Å². The monoisotopic (exact) mass is 490 g/mol. The molecule has 0 spiro atoms. The van der Waals surface area contributed by atoms with Gasteiger partial charge in [0.2, 0.25) is 10.0 Å². The van der Waals surface area contributed by atoms with Gasteiger partial charge in [-0.2, -0.15) is 4.31 Å². The maximum atomic E-state index is 13.2.